The minimum Gasteiger partial charge on any atom is -0.511 e. The van der Waals surface area contributed by atoms with Crippen LogP contribution in [0, 0.1) is 5.92 Å². The van der Waals surface area contributed by atoms with E-state index in [0.29, 0.717) is 18.7 Å². The van der Waals surface area contributed by atoms with E-state index in [0.717, 1.165) is 18.8 Å². The lowest BCUT2D eigenvalue weighted by molar-refractivity contribution is -0.124. The van der Waals surface area contributed by atoms with Gasteiger partial charge in [0.1, 0.15) is 11.3 Å². The molecule has 0 saturated carbocycles. The fourth-order valence-corrected chi connectivity index (χ4v) is 4.56. The number of anilines is 2. The van der Waals surface area contributed by atoms with Crippen LogP contribution < -0.4 is 15.5 Å². The molecule has 3 aliphatic rings. The number of benzene rings is 1. The van der Waals surface area contributed by atoms with Crippen LogP contribution in [0.2, 0.25) is 0 Å². The first-order valence-corrected chi connectivity index (χ1v) is 10.7. The number of rotatable bonds is 3. The second-order valence-electron chi connectivity index (χ2n) is 8.20. The minimum absolute atomic E-state index is 0.171. The van der Waals surface area contributed by atoms with Crippen LogP contribution in [-0.2, 0) is 14.3 Å². The van der Waals surface area contributed by atoms with Crippen LogP contribution in [0.15, 0.2) is 35.6 Å². The SMILES string of the molecule is COC(=O)N1CC[C@@H]2NC(=O)C(C(=O)Nc3ccc(N4CCCCC4)cc3)=C(O)[C@H]2C1. The highest BCUT2D eigenvalue weighted by Gasteiger charge is 2.43. The van der Waals surface area contributed by atoms with E-state index in [1.807, 2.05) is 12.1 Å². The fraction of sp³-hybridized carbons (Fsp3) is 0.500. The largest absolute Gasteiger partial charge is 0.511 e. The summed E-state index contributed by atoms with van der Waals surface area (Å²) in [6, 6.07) is 7.16. The number of aliphatic hydroxyl groups is 1. The number of piperidine rings is 2. The highest BCUT2D eigenvalue weighted by Crippen LogP contribution is 2.30. The molecule has 0 radical (unpaired) electrons. The van der Waals surface area contributed by atoms with Gasteiger partial charge in [-0.15, -0.1) is 0 Å². The molecule has 9 nitrogen and oxygen atoms in total. The number of fused-ring (bicyclic) bond motifs is 1. The Morgan fingerprint density at radius 3 is 2.52 bits per heavy atom. The second kappa shape index (κ2) is 8.87. The summed E-state index contributed by atoms with van der Waals surface area (Å²) in [4.78, 5) is 41.0. The van der Waals surface area contributed by atoms with E-state index in [4.69, 9.17) is 4.74 Å². The van der Waals surface area contributed by atoms with Crippen molar-refractivity contribution in [3.8, 4) is 0 Å². The summed E-state index contributed by atoms with van der Waals surface area (Å²) in [6.07, 6.45) is 3.59. The van der Waals surface area contributed by atoms with Gasteiger partial charge in [-0.3, -0.25) is 9.59 Å². The van der Waals surface area contributed by atoms with Gasteiger partial charge in [0, 0.05) is 43.6 Å². The van der Waals surface area contributed by atoms with Gasteiger partial charge in [-0.25, -0.2) is 4.79 Å². The Morgan fingerprint density at radius 1 is 1.13 bits per heavy atom. The molecule has 2 saturated heterocycles. The predicted octanol–water partition coefficient (Wildman–Crippen LogP) is 2.01. The number of amides is 3. The predicted molar refractivity (Wildman–Crippen MR) is 115 cm³/mol. The van der Waals surface area contributed by atoms with Crippen molar-refractivity contribution in [1.29, 1.82) is 0 Å². The molecule has 3 N–H and O–H groups in total. The zero-order valence-corrected chi connectivity index (χ0v) is 17.6. The number of carbonyl (C=O) groups is 3. The average molecular weight is 428 g/mol. The molecular formula is C22H28N4O5. The molecule has 4 rings (SSSR count). The van der Waals surface area contributed by atoms with Gasteiger partial charge in [0.25, 0.3) is 11.8 Å². The molecule has 0 unspecified atom stereocenters. The molecule has 0 bridgehead atoms. The molecule has 3 heterocycles. The molecule has 2 fully saturated rings. The first-order valence-electron chi connectivity index (χ1n) is 10.7. The smallest absolute Gasteiger partial charge is 0.409 e. The summed E-state index contributed by atoms with van der Waals surface area (Å²) < 4.78 is 4.75. The zero-order chi connectivity index (χ0) is 22.0. The van der Waals surface area contributed by atoms with E-state index in [-0.39, 0.29) is 23.9 Å². The lowest BCUT2D eigenvalue weighted by Gasteiger charge is -2.40. The molecule has 31 heavy (non-hydrogen) atoms. The van der Waals surface area contributed by atoms with Crippen LogP contribution >= 0.6 is 0 Å². The summed E-state index contributed by atoms with van der Waals surface area (Å²) in [5, 5.41) is 16.2. The van der Waals surface area contributed by atoms with Gasteiger partial charge in [-0.2, -0.15) is 0 Å². The van der Waals surface area contributed by atoms with Crippen molar-refractivity contribution in [1.82, 2.24) is 10.2 Å². The van der Waals surface area contributed by atoms with E-state index in [1.54, 1.807) is 12.1 Å². The first-order chi connectivity index (χ1) is 15.0. The summed E-state index contributed by atoms with van der Waals surface area (Å²) in [5.41, 5.74) is 1.33. The maximum atomic E-state index is 12.8. The summed E-state index contributed by atoms with van der Waals surface area (Å²) in [6.45, 7) is 2.63. The first kappa shape index (κ1) is 21.0. The van der Waals surface area contributed by atoms with Crippen molar-refractivity contribution < 1.29 is 24.2 Å². The maximum Gasteiger partial charge on any atom is 0.409 e. The highest BCUT2D eigenvalue weighted by atomic mass is 16.5. The van der Waals surface area contributed by atoms with Gasteiger partial charge in [-0.1, -0.05) is 0 Å². The lowest BCUT2D eigenvalue weighted by Crippen LogP contribution is -2.57. The Hall–Kier alpha value is -3.23. The third-order valence-corrected chi connectivity index (χ3v) is 6.27. The van der Waals surface area contributed by atoms with Gasteiger partial charge in [0.15, 0.2) is 0 Å². The normalized spacial score (nSPS) is 23.7. The van der Waals surface area contributed by atoms with E-state index in [2.05, 4.69) is 15.5 Å². The molecule has 0 aliphatic carbocycles. The molecule has 1 aromatic rings. The Morgan fingerprint density at radius 2 is 1.84 bits per heavy atom. The summed E-state index contributed by atoms with van der Waals surface area (Å²) in [5.74, 6) is -2.11. The van der Waals surface area contributed by atoms with Crippen LogP contribution in [0.3, 0.4) is 0 Å². The number of hydrogen-bond acceptors (Lipinski definition) is 6. The van der Waals surface area contributed by atoms with Crippen molar-refractivity contribution in [2.45, 2.75) is 31.7 Å². The topological polar surface area (TPSA) is 111 Å². The van der Waals surface area contributed by atoms with Crippen molar-refractivity contribution in [2.75, 3.05) is 43.5 Å². The molecule has 3 aliphatic heterocycles. The van der Waals surface area contributed by atoms with E-state index in [1.165, 1.54) is 31.3 Å². The van der Waals surface area contributed by atoms with Gasteiger partial charge in [0.05, 0.1) is 13.0 Å². The van der Waals surface area contributed by atoms with Crippen molar-refractivity contribution in [3.63, 3.8) is 0 Å². The summed E-state index contributed by atoms with van der Waals surface area (Å²) >= 11 is 0. The Labute approximate surface area is 181 Å². The van der Waals surface area contributed by atoms with Crippen LogP contribution in [0.4, 0.5) is 16.2 Å². The Bertz CT molecular complexity index is 892. The quantitative estimate of drug-likeness (QED) is 0.635. The minimum atomic E-state index is -0.672. The number of ether oxygens (including phenoxy) is 1. The van der Waals surface area contributed by atoms with E-state index >= 15 is 0 Å². The number of likely N-dealkylation sites (tertiary alicyclic amines) is 1. The number of nitrogens with one attached hydrogen (secondary N) is 2. The average Bonchev–Trinajstić information content (AvgIpc) is 2.79. The number of nitrogens with zero attached hydrogens (tertiary/aromatic N) is 2. The molecule has 0 aromatic heterocycles. The number of carbonyl (C=O) groups excluding carboxylic acids is 3. The monoisotopic (exact) mass is 428 g/mol. The van der Waals surface area contributed by atoms with Gasteiger partial charge < -0.3 is 30.3 Å². The Balaban J connectivity index is 1.47. The Kier molecular flexibility index (Phi) is 6.01. The van der Waals surface area contributed by atoms with E-state index in [9.17, 15) is 19.5 Å². The van der Waals surface area contributed by atoms with Crippen LogP contribution in [0.5, 0.6) is 0 Å². The molecule has 2 atom stereocenters. The van der Waals surface area contributed by atoms with Crippen LogP contribution in [0.1, 0.15) is 25.7 Å². The fourth-order valence-electron chi connectivity index (χ4n) is 4.56. The standard InChI is InChI=1S/C22H28N4O5/c1-31-22(30)26-12-9-17-16(13-26)19(27)18(21(29)24-17)20(28)23-14-5-7-15(8-6-14)25-10-3-2-4-11-25/h5-8,16-17,27H,2-4,9-13H2,1H3,(H,23,28)(H,24,29)/t16-,17-/m0/s1. The highest BCUT2D eigenvalue weighted by molar-refractivity contribution is 6.23. The number of hydrogen-bond donors (Lipinski definition) is 3. The van der Waals surface area contributed by atoms with Crippen molar-refractivity contribution in [2.24, 2.45) is 5.92 Å². The van der Waals surface area contributed by atoms with Gasteiger partial charge >= 0.3 is 6.09 Å². The van der Waals surface area contributed by atoms with Crippen LogP contribution in [0.25, 0.3) is 0 Å². The number of aliphatic hydroxyl groups excluding tert-OH is 1. The third kappa shape index (κ3) is 4.30. The molecule has 9 heteroatoms. The number of methoxy groups -OCH3 is 1. The van der Waals surface area contributed by atoms with Crippen LogP contribution in [-0.4, -0.2) is 67.2 Å². The summed E-state index contributed by atoms with van der Waals surface area (Å²) in [7, 11) is 1.29. The maximum absolute atomic E-state index is 12.8. The molecule has 166 valence electrons. The van der Waals surface area contributed by atoms with E-state index < -0.39 is 23.8 Å². The molecule has 3 amide bonds. The van der Waals surface area contributed by atoms with Crippen molar-refractivity contribution >= 4 is 29.3 Å². The lowest BCUT2D eigenvalue weighted by atomic mass is 9.85. The third-order valence-electron chi connectivity index (χ3n) is 6.27. The van der Waals surface area contributed by atoms with Crippen molar-refractivity contribution in [3.05, 3.63) is 35.6 Å². The molecule has 1 aromatic carbocycles. The van der Waals surface area contributed by atoms with Gasteiger partial charge in [-0.05, 0) is 49.9 Å². The zero-order valence-electron chi connectivity index (χ0n) is 17.6. The molecular weight excluding hydrogens is 400 g/mol. The van der Waals surface area contributed by atoms with Gasteiger partial charge in [0.2, 0.25) is 0 Å². The second-order valence-corrected chi connectivity index (χ2v) is 8.20. The molecule has 0 spiro atoms.